The fraction of sp³-hybridized carbons (Fsp3) is 0.263. The van der Waals surface area contributed by atoms with Crippen LogP contribution >= 0.6 is 15.9 Å². The predicted molar refractivity (Wildman–Crippen MR) is 91.7 cm³/mol. The molecule has 1 N–H and O–H groups in total. The zero-order valence-corrected chi connectivity index (χ0v) is 13.6. The average molecular weight is 340 g/mol. The van der Waals surface area contributed by atoms with Crippen LogP contribution in [0.25, 0.3) is 0 Å². The second kappa shape index (κ2) is 5.03. The van der Waals surface area contributed by atoms with Crippen LogP contribution in [-0.2, 0) is 0 Å². The molecule has 106 valence electrons. The second-order valence-corrected chi connectivity index (χ2v) is 6.89. The van der Waals surface area contributed by atoms with Crippen molar-refractivity contribution >= 4 is 21.6 Å². The van der Waals surface area contributed by atoms with Gasteiger partial charge in [0.25, 0.3) is 0 Å². The molecule has 2 aliphatic rings. The molecule has 1 aliphatic heterocycles. The summed E-state index contributed by atoms with van der Waals surface area (Å²) < 4.78 is 1.20. The number of rotatable bonds is 1. The third-order valence-electron chi connectivity index (χ3n) is 4.85. The van der Waals surface area contributed by atoms with Gasteiger partial charge >= 0.3 is 0 Å². The van der Waals surface area contributed by atoms with E-state index in [-0.39, 0.29) is 0 Å². The summed E-state index contributed by atoms with van der Waals surface area (Å²) in [7, 11) is 0. The fourth-order valence-electron chi connectivity index (χ4n) is 3.81. The minimum absolute atomic E-state index is 0.370. The Morgan fingerprint density at radius 3 is 2.71 bits per heavy atom. The second-order valence-electron chi connectivity index (χ2n) is 6.04. The van der Waals surface area contributed by atoms with E-state index in [4.69, 9.17) is 0 Å². The third-order valence-corrected chi connectivity index (χ3v) is 5.57. The summed E-state index contributed by atoms with van der Waals surface area (Å²) >= 11 is 3.73. The van der Waals surface area contributed by atoms with Gasteiger partial charge in [0.2, 0.25) is 0 Å². The molecule has 0 fully saturated rings. The van der Waals surface area contributed by atoms with E-state index in [0.717, 1.165) is 6.42 Å². The molecule has 1 nitrogen and oxygen atoms in total. The Labute approximate surface area is 134 Å². The number of benzene rings is 2. The maximum atomic E-state index is 3.82. The molecule has 0 saturated heterocycles. The highest BCUT2D eigenvalue weighted by Crippen LogP contribution is 2.51. The topological polar surface area (TPSA) is 12.0 Å². The monoisotopic (exact) mass is 339 g/mol. The van der Waals surface area contributed by atoms with Crippen molar-refractivity contribution in [3.05, 3.63) is 75.8 Å². The summed E-state index contributed by atoms with van der Waals surface area (Å²) in [6, 6.07) is 15.6. The summed E-state index contributed by atoms with van der Waals surface area (Å²) in [4.78, 5) is 0. The number of para-hydroxylation sites is 1. The maximum absolute atomic E-state index is 3.82. The minimum Gasteiger partial charge on any atom is -0.377 e. The summed E-state index contributed by atoms with van der Waals surface area (Å²) in [5.74, 6) is 1.15. The van der Waals surface area contributed by atoms with Gasteiger partial charge in [-0.15, -0.1) is 0 Å². The highest BCUT2D eigenvalue weighted by atomic mass is 79.9. The van der Waals surface area contributed by atoms with Gasteiger partial charge in [-0.25, -0.2) is 0 Å². The molecule has 3 atom stereocenters. The van der Waals surface area contributed by atoms with Gasteiger partial charge in [-0.3, -0.25) is 0 Å². The Morgan fingerprint density at radius 2 is 1.86 bits per heavy atom. The van der Waals surface area contributed by atoms with E-state index in [0.29, 0.717) is 17.9 Å². The highest BCUT2D eigenvalue weighted by molar-refractivity contribution is 9.10. The lowest BCUT2D eigenvalue weighted by molar-refractivity contribution is 0.424. The first-order valence-corrected chi connectivity index (χ1v) is 8.32. The smallest absolute Gasteiger partial charge is 0.0565 e. The molecule has 1 heterocycles. The van der Waals surface area contributed by atoms with Crippen molar-refractivity contribution in [1.82, 2.24) is 0 Å². The molecular formula is C19H18BrN. The van der Waals surface area contributed by atoms with Gasteiger partial charge in [-0.2, -0.15) is 0 Å². The minimum atomic E-state index is 0.370. The van der Waals surface area contributed by atoms with Crippen LogP contribution in [0.1, 0.15) is 35.1 Å². The van der Waals surface area contributed by atoms with E-state index in [9.17, 15) is 0 Å². The van der Waals surface area contributed by atoms with Crippen molar-refractivity contribution < 1.29 is 0 Å². The van der Waals surface area contributed by atoms with E-state index in [2.05, 4.69) is 82.8 Å². The van der Waals surface area contributed by atoms with Gasteiger partial charge in [-0.1, -0.05) is 64.5 Å². The lowest BCUT2D eigenvalue weighted by atomic mass is 9.76. The van der Waals surface area contributed by atoms with Gasteiger partial charge < -0.3 is 5.32 Å². The average Bonchev–Trinajstić information content (AvgIpc) is 2.97. The van der Waals surface area contributed by atoms with Gasteiger partial charge in [0, 0.05) is 16.1 Å². The number of allylic oxidation sites excluding steroid dienone is 2. The molecule has 2 heteroatoms. The van der Waals surface area contributed by atoms with Gasteiger partial charge in [-0.05, 0) is 42.0 Å². The van der Waals surface area contributed by atoms with E-state index in [1.165, 1.54) is 26.9 Å². The number of anilines is 1. The molecule has 2 aromatic carbocycles. The van der Waals surface area contributed by atoms with Gasteiger partial charge in [0.1, 0.15) is 0 Å². The first-order valence-electron chi connectivity index (χ1n) is 7.53. The zero-order valence-electron chi connectivity index (χ0n) is 12.0. The highest BCUT2D eigenvalue weighted by Gasteiger charge is 2.38. The van der Waals surface area contributed by atoms with Crippen LogP contribution in [0.4, 0.5) is 5.69 Å². The summed E-state index contributed by atoms with van der Waals surface area (Å²) in [6.45, 7) is 2.20. The predicted octanol–water partition coefficient (Wildman–Crippen LogP) is 5.58. The Kier molecular flexibility index (Phi) is 3.15. The van der Waals surface area contributed by atoms with Crippen molar-refractivity contribution in [3.63, 3.8) is 0 Å². The maximum Gasteiger partial charge on any atom is 0.0565 e. The van der Waals surface area contributed by atoms with Crippen LogP contribution in [0.3, 0.4) is 0 Å². The number of nitrogens with one attached hydrogen (secondary N) is 1. The molecule has 0 aromatic heterocycles. The molecule has 0 amide bonds. The quantitative estimate of drug-likeness (QED) is 0.668. The van der Waals surface area contributed by atoms with E-state index in [1.54, 1.807) is 0 Å². The van der Waals surface area contributed by atoms with Crippen LogP contribution in [-0.4, -0.2) is 0 Å². The van der Waals surface area contributed by atoms with Crippen molar-refractivity contribution in [1.29, 1.82) is 0 Å². The molecule has 2 aromatic rings. The summed E-state index contributed by atoms with van der Waals surface area (Å²) in [5, 5.41) is 3.82. The first kappa shape index (κ1) is 13.1. The normalized spacial score (nSPS) is 26.1. The Balaban J connectivity index is 1.85. The number of hydrogen-bond donors (Lipinski definition) is 1. The zero-order chi connectivity index (χ0) is 14.4. The Hall–Kier alpha value is -1.54. The molecule has 0 bridgehead atoms. The molecule has 4 rings (SSSR count). The molecule has 1 aliphatic carbocycles. The molecule has 0 radical (unpaired) electrons. The first-order chi connectivity index (χ1) is 10.3. The summed E-state index contributed by atoms with van der Waals surface area (Å²) in [5.41, 5.74) is 5.48. The number of fused-ring (bicyclic) bond motifs is 3. The summed E-state index contributed by atoms with van der Waals surface area (Å²) in [6.07, 6.45) is 5.89. The number of aryl methyl sites for hydroxylation is 1. The number of hydrogen-bond acceptors (Lipinski definition) is 1. The van der Waals surface area contributed by atoms with Crippen LogP contribution in [0.2, 0.25) is 0 Å². The van der Waals surface area contributed by atoms with Crippen LogP contribution in [0.15, 0.2) is 59.1 Å². The van der Waals surface area contributed by atoms with Crippen LogP contribution < -0.4 is 5.32 Å². The lowest BCUT2D eigenvalue weighted by Gasteiger charge is -2.38. The number of halogens is 1. The SMILES string of the molecule is Cc1cccc2c1N[C@H](c1ccccc1Br)[C@H]1CC=C[C@@H]21. The molecule has 0 saturated carbocycles. The molecule has 0 spiro atoms. The van der Waals surface area contributed by atoms with Gasteiger partial charge in [0.15, 0.2) is 0 Å². The lowest BCUT2D eigenvalue weighted by Crippen LogP contribution is -2.29. The van der Waals surface area contributed by atoms with Crippen molar-refractivity contribution in [2.45, 2.75) is 25.3 Å². The third kappa shape index (κ3) is 2.04. The standard InChI is InChI=1S/C19H18BrN/c1-12-6-4-9-14-13-8-5-10-15(13)19(21-18(12)14)16-7-2-3-11-17(16)20/h2-9,11,13,15,19,21H,10H2,1H3/t13-,15-,19-/m0/s1. The molecular weight excluding hydrogens is 322 g/mol. The van der Waals surface area contributed by atoms with Crippen molar-refractivity contribution in [2.24, 2.45) is 5.92 Å². The van der Waals surface area contributed by atoms with E-state index in [1.807, 2.05) is 0 Å². The van der Waals surface area contributed by atoms with Crippen molar-refractivity contribution in [2.75, 3.05) is 5.32 Å². The largest absolute Gasteiger partial charge is 0.377 e. The van der Waals surface area contributed by atoms with E-state index < -0.39 is 0 Å². The Bertz CT molecular complexity index is 719. The van der Waals surface area contributed by atoms with Crippen molar-refractivity contribution in [3.8, 4) is 0 Å². The molecule has 21 heavy (non-hydrogen) atoms. The van der Waals surface area contributed by atoms with Crippen LogP contribution in [0.5, 0.6) is 0 Å². The fourth-order valence-corrected chi connectivity index (χ4v) is 4.34. The van der Waals surface area contributed by atoms with Gasteiger partial charge in [0.05, 0.1) is 6.04 Å². The Morgan fingerprint density at radius 1 is 1.05 bits per heavy atom. The van der Waals surface area contributed by atoms with Crippen LogP contribution in [0, 0.1) is 12.8 Å². The van der Waals surface area contributed by atoms with E-state index >= 15 is 0 Å². The molecule has 0 unspecified atom stereocenters.